The number of aliphatic hydroxyl groups is 3. The number of carboxylic acid groups (broad SMARTS) is 1. The van der Waals surface area contributed by atoms with Crippen molar-refractivity contribution in [3.8, 4) is 0 Å². The standard InChI is InChI=1S/C4H8O2.C4H9.3C3H8O.Ti/c1-2-3-4(5)6;1-4(2)3;3*1-3(2)4;/h2-3H2,1H3,(H,5,6);1-3H3;3*3-4H,1-2H3;/q;-1;;;;. The van der Waals surface area contributed by atoms with Gasteiger partial charge in [0.15, 0.2) is 0 Å². The number of carbonyl (C=O) groups is 1. The molecule has 0 atom stereocenters. The summed E-state index contributed by atoms with van der Waals surface area (Å²) in [6.45, 7) is 18.4. The summed E-state index contributed by atoms with van der Waals surface area (Å²) >= 11 is 0. The van der Waals surface area contributed by atoms with Crippen molar-refractivity contribution in [2.24, 2.45) is 0 Å². The number of aliphatic carboxylic acids is 1. The fraction of sp³-hybridized carbons (Fsp3) is 0.882. The molecular formula is C17H41O5Ti-. The third kappa shape index (κ3) is 946. The molecule has 23 heavy (non-hydrogen) atoms. The van der Waals surface area contributed by atoms with E-state index >= 15 is 0 Å². The largest absolute Gasteiger partial charge is 0.481 e. The first-order chi connectivity index (χ1) is 9.70. The van der Waals surface area contributed by atoms with E-state index in [1.54, 1.807) is 41.5 Å². The van der Waals surface area contributed by atoms with Crippen molar-refractivity contribution in [3.05, 3.63) is 5.92 Å². The monoisotopic (exact) mass is 373 g/mol. The smallest absolute Gasteiger partial charge is 0.303 e. The van der Waals surface area contributed by atoms with E-state index < -0.39 is 5.97 Å². The molecule has 0 unspecified atom stereocenters. The second-order valence-corrected chi connectivity index (χ2v) is 5.92. The number of carboxylic acids is 1. The van der Waals surface area contributed by atoms with Crippen molar-refractivity contribution in [2.75, 3.05) is 0 Å². The van der Waals surface area contributed by atoms with Crippen LogP contribution in [0, 0.1) is 5.92 Å². The Hall–Kier alpha value is 0.0643. The van der Waals surface area contributed by atoms with Gasteiger partial charge < -0.3 is 26.3 Å². The predicted octanol–water partition coefficient (Wildman–Crippen LogP) is 3.65. The van der Waals surface area contributed by atoms with E-state index in [1.807, 2.05) is 6.92 Å². The van der Waals surface area contributed by atoms with Crippen LogP contribution < -0.4 is 0 Å². The molecule has 0 aromatic rings. The Morgan fingerprint density at radius 3 is 0.957 bits per heavy atom. The molecule has 0 bridgehead atoms. The normalized spacial score (nSPS) is 8.39. The van der Waals surface area contributed by atoms with Gasteiger partial charge in [0.05, 0.1) is 0 Å². The summed E-state index contributed by atoms with van der Waals surface area (Å²) in [7, 11) is 0. The molecule has 0 aliphatic rings. The van der Waals surface area contributed by atoms with Crippen LogP contribution >= 0.6 is 0 Å². The molecule has 0 aliphatic carbocycles. The summed E-state index contributed by atoms with van der Waals surface area (Å²) in [6.07, 6.45) is 0.523. The van der Waals surface area contributed by atoms with Gasteiger partial charge in [0, 0.05) is 46.5 Å². The van der Waals surface area contributed by atoms with E-state index in [1.165, 1.54) is 5.92 Å². The van der Waals surface area contributed by atoms with Crippen molar-refractivity contribution in [1.82, 2.24) is 0 Å². The zero-order valence-electron chi connectivity index (χ0n) is 16.8. The van der Waals surface area contributed by atoms with Crippen LogP contribution in [0.1, 0.15) is 82.1 Å². The summed E-state index contributed by atoms with van der Waals surface area (Å²) in [6, 6.07) is 0. The van der Waals surface area contributed by atoms with Crippen LogP contribution in [0.3, 0.4) is 0 Å². The number of hydrogen-bond donors (Lipinski definition) is 4. The van der Waals surface area contributed by atoms with Crippen LogP contribution in [0.15, 0.2) is 0 Å². The molecule has 0 amide bonds. The van der Waals surface area contributed by atoms with Gasteiger partial charge in [0.2, 0.25) is 0 Å². The van der Waals surface area contributed by atoms with Crippen LogP contribution in [-0.4, -0.2) is 44.7 Å². The van der Waals surface area contributed by atoms with Crippen molar-refractivity contribution < 1.29 is 46.9 Å². The molecule has 0 radical (unpaired) electrons. The van der Waals surface area contributed by atoms with Gasteiger partial charge in [-0.2, -0.15) is 20.8 Å². The minimum absolute atomic E-state index is 0. The summed E-state index contributed by atoms with van der Waals surface area (Å²) in [5, 5.41) is 32.1. The van der Waals surface area contributed by atoms with Crippen LogP contribution in [0.5, 0.6) is 0 Å². The van der Waals surface area contributed by atoms with Crippen LogP contribution in [0.4, 0.5) is 0 Å². The van der Waals surface area contributed by atoms with Gasteiger partial charge in [-0.05, 0) is 48.0 Å². The summed E-state index contributed by atoms with van der Waals surface area (Å²) in [5.74, 6) is 0.706. The average Bonchev–Trinajstić information content (AvgIpc) is 2.12. The molecule has 0 fully saturated rings. The molecule has 0 spiro atoms. The van der Waals surface area contributed by atoms with E-state index in [0.717, 1.165) is 6.42 Å². The Kier molecular flexibility index (Phi) is 56.4. The molecule has 6 heteroatoms. The van der Waals surface area contributed by atoms with E-state index in [2.05, 4.69) is 20.8 Å². The minimum atomic E-state index is -0.711. The van der Waals surface area contributed by atoms with Crippen molar-refractivity contribution in [3.63, 3.8) is 0 Å². The maximum atomic E-state index is 9.60. The van der Waals surface area contributed by atoms with Gasteiger partial charge in [0.25, 0.3) is 0 Å². The van der Waals surface area contributed by atoms with Gasteiger partial charge in [-0.25, -0.2) is 0 Å². The molecule has 0 rings (SSSR count). The molecule has 0 aromatic carbocycles. The summed E-state index contributed by atoms with van der Waals surface area (Å²) in [5.41, 5.74) is 0. The predicted molar refractivity (Wildman–Crippen MR) is 94.9 cm³/mol. The van der Waals surface area contributed by atoms with E-state index in [-0.39, 0.29) is 40.0 Å². The Labute approximate surface area is 159 Å². The van der Waals surface area contributed by atoms with Crippen molar-refractivity contribution in [2.45, 2.75) is 100 Å². The molecule has 144 valence electrons. The fourth-order valence-corrected chi connectivity index (χ4v) is 0.214. The third-order valence-corrected chi connectivity index (χ3v) is 0.464. The zero-order chi connectivity index (χ0) is 19.3. The van der Waals surface area contributed by atoms with E-state index in [0.29, 0.717) is 6.42 Å². The first-order valence-electron chi connectivity index (χ1n) is 7.73. The Balaban J connectivity index is -0.0000000393. The molecule has 0 heterocycles. The second-order valence-electron chi connectivity index (χ2n) is 5.92. The van der Waals surface area contributed by atoms with Crippen LogP contribution in [0.2, 0.25) is 0 Å². The van der Waals surface area contributed by atoms with Gasteiger partial charge in [0.1, 0.15) is 0 Å². The van der Waals surface area contributed by atoms with E-state index in [9.17, 15) is 4.79 Å². The molecule has 0 saturated heterocycles. The number of rotatable bonds is 2. The van der Waals surface area contributed by atoms with Crippen molar-refractivity contribution in [1.29, 1.82) is 0 Å². The SMILES string of the molecule is CC(C)O.CC(C)O.CC(C)O.CCCC(=O)O.C[C-](C)C.[Ti]. The fourth-order valence-electron chi connectivity index (χ4n) is 0.214. The molecule has 0 aliphatic heterocycles. The van der Waals surface area contributed by atoms with Gasteiger partial charge in [-0.15, -0.1) is 0 Å². The quantitative estimate of drug-likeness (QED) is 0.438. The molecule has 5 nitrogen and oxygen atoms in total. The summed E-state index contributed by atoms with van der Waals surface area (Å²) < 4.78 is 0. The third-order valence-electron chi connectivity index (χ3n) is 0.464. The average molecular weight is 373 g/mol. The van der Waals surface area contributed by atoms with Gasteiger partial charge >= 0.3 is 5.97 Å². The maximum Gasteiger partial charge on any atom is 0.303 e. The van der Waals surface area contributed by atoms with Gasteiger partial charge in [-0.1, -0.05) is 6.92 Å². The number of aliphatic hydroxyl groups excluding tert-OH is 3. The Morgan fingerprint density at radius 2 is 0.957 bits per heavy atom. The summed E-state index contributed by atoms with van der Waals surface area (Å²) in [4.78, 5) is 9.60. The van der Waals surface area contributed by atoms with Crippen molar-refractivity contribution >= 4 is 5.97 Å². The molecule has 0 saturated carbocycles. The molecular weight excluding hydrogens is 332 g/mol. The minimum Gasteiger partial charge on any atom is -0.481 e. The molecule has 4 N–H and O–H groups in total. The Bertz CT molecular complexity index is 149. The van der Waals surface area contributed by atoms with Crippen LogP contribution in [0.25, 0.3) is 0 Å². The second kappa shape index (κ2) is 33.6. The first-order valence-corrected chi connectivity index (χ1v) is 7.73. The molecule has 0 aromatic heterocycles. The van der Waals surface area contributed by atoms with Gasteiger partial charge in [-0.3, -0.25) is 4.79 Å². The van der Waals surface area contributed by atoms with E-state index in [4.69, 9.17) is 20.4 Å². The topological polar surface area (TPSA) is 98.0 Å². The maximum absolute atomic E-state index is 9.60. The van der Waals surface area contributed by atoms with Crippen LogP contribution in [-0.2, 0) is 26.5 Å². The Morgan fingerprint density at radius 1 is 0.826 bits per heavy atom. The first kappa shape index (κ1) is 38.6. The number of hydrogen-bond acceptors (Lipinski definition) is 4. The zero-order valence-corrected chi connectivity index (χ0v) is 18.4.